The van der Waals surface area contributed by atoms with Gasteiger partial charge in [-0.2, -0.15) is 0 Å². The molecule has 0 fully saturated rings. The lowest BCUT2D eigenvalue weighted by atomic mass is 10.3. The maximum atomic E-state index is 13.5. The Morgan fingerprint density at radius 3 is 2.90 bits per heavy atom. The van der Waals surface area contributed by atoms with Gasteiger partial charge in [-0.25, -0.2) is 4.39 Å². The van der Waals surface area contributed by atoms with Crippen LogP contribution in [0.1, 0.15) is 5.76 Å². The van der Waals surface area contributed by atoms with Crippen LogP contribution in [0.2, 0.25) is 0 Å². The lowest BCUT2D eigenvalue weighted by Gasteiger charge is -2.14. The lowest BCUT2D eigenvalue weighted by Crippen LogP contribution is -2.25. The van der Waals surface area contributed by atoms with Crippen LogP contribution >= 0.6 is 15.9 Å². The Morgan fingerprint density at radius 1 is 1.35 bits per heavy atom. The summed E-state index contributed by atoms with van der Waals surface area (Å²) in [7, 11) is 0. The Kier molecular flexibility index (Phi) is 5.58. The summed E-state index contributed by atoms with van der Waals surface area (Å²) in [5.41, 5.74) is 0.331. The van der Waals surface area contributed by atoms with Crippen LogP contribution in [-0.2, 0) is 11.3 Å². The molecule has 0 aliphatic carbocycles. The molecule has 108 valence electrons. The minimum Gasteiger partial charge on any atom is -0.467 e. The average molecular weight is 344 g/mol. The van der Waals surface area contributed by atoms with Crippen LogP contribution in [-0.4, -0.2) is 24.4 Å². The third-order valence-electron chi connectivity index (χ3n) is 2.61. The van der Waals surface area contributed by atoms with E-state index in [0.717, 1.165) is 0 Å². The highest BCUT2D eigenvalue weighted by Gasteiger charge is 2.09. The number of rotatable bonds is 7. The predicted octanol–water partition coefficient (Wildman–Crippen LogP) is 3.17. The number of halogens is 2. The van der Waals surface area contributed by atoms with Gasteiger partial charge in [0, 0.05) is 11.0 Å². The van der Waals surface area contributed by atoms with Crippen molar-refractivity contribution in [3.8, 4) is 0 Å². The first-order chi connectivity index (χ1) is 9.66. The van der Waals surface area contributed by atoms with Gasteiger partial charge in [-0.1, -0.05) is 6.07 Å². The number of ether oxygens (including phenoxy) is 1. The minimum atomic E-state index is -0.739. The van der Waals surface area contributed by atoms with Crippen molar-refractivity contribution in [2.45, 2.75) is 12.7 Å². The zero-order valence-electron chi connectivity index (χ0n) is 10.7. The van der Waals surface area contributed by atoms with Crippen LogP contribution < -0.4 is 5.32 Å². The highest BCUT2D eigenvalue weighted by atomic mass is 79.9. The van der Waals surface area contributed by atoms with Gasteiger partial charge in [-0.05, 0) is 40.2 Å². The smallest absolute Gasteiger partial charge is 0.147 e. The molecule has 1 heterocycles. The van der Waals surface area contributed by atoms with E-state index in [0.29, 0.717) is 22.5 Å². The number of benzene rings is 1. The molecule has 2 rings (SSSR count). The summed E-state index contributed by atoms with van der Waals surface area (Å²) < 4.78 is 24.5. The summed E-state index contributed by atoms with van der Waals surface area (Å²) in [6.07, 6.45) is 0.823. The van der Waals surface area contributed by atoms with Gasteiger partial charge in [0.2, 0.25) is 0 Å². The second-order valence-electron chi connectivity index (χ2n) is 4.23. The van der Waals surface area contributed by atoms with E-state index in [1.165, 1.54) is 6.07 Å². The fraction of sp³-hybridized carbons (Fsp3) is 0.286. The number of hydrogen-bond acceptors (Lipinski definition) is 4. The normalized spacial score (nSPS) is 12.3. The maximum Gasteiger partial charge on any atom is 0.147 e. The molecule has 20 heavy (non-hydrogen) atoms. The van der Waals surface area contributed by atoms with E-state index in [9.17, 15) is 9.50 Å². The highest BCUT2D eigenvalue weighted by molar-refractivity contribution is 9.10. The van der Waals surface area contributed by atoms with Crippen LogP contribution in [0.15, 0.2) is 45.5 Å². The summed E-state index contributed by atoms with van der Waals surface area (Å²) in [5.74, 6) is 0.324. The molecule has 0 bridgehead atoms. The molecule has 0 spiro atoms. The molecule has 2 aromatic rings. The summed E-state index contributed by atoms with van der Waals surface area (Å²) >= 11 is 3.25. The van der Waals surface area contributed by atoms with E-state index in [4.69, 9.17) is 9.15 Å². The molecular weight excluding hydrogens is 329 g/mol. The Balaban J connectivity index is 1.73. The van der Waals surface area contributed by atoms with Crippen molar-refractivity contribution in [1.29, 1.82) is 0 Å². The average Bonchev–Trinajstić information content (AvgIpc) is 2.91. The lowest BCUT2D eigenvalue weighted by molar-refractivity contribution is 0.0282. The Hall–Kier alpha value is -1.37. The summed E-state index contributed by atoms with van der Waals surface area (Å²) in [4.78, 5) is 0. The zero-order chi connectivity index (χ0) is 14.4. The second-order valence-corrected chi connectivity index (χ2v) is 5.08. The van der Waals surface area contributed by atoms with Crippen molar-refractivity contribution < 1.29 is 18.7 Å². The molecule has 1 aromatic carbocycles. The minimum absolute atomic E-state index is 0.139. The fourth-order valence-electron chi connectivity index (χ4n) is 1.64. The van der Waals surface area contributed by atoms with Gasteiger partial charge in [0.25, 0.3) is 0 Å². The Morgan fingerprint density at radius 2 is 2.20 bits per heavy atom. The van der Waals surface area contributed by atoms with E-state index in [1.54, 1.807) is 30.5 Å². The standard InChI is InChI=1S/C14H15BrFNO3/c15-12-4-1-5-13(16)14(12)17-7-10(18)8-19-9-11-3-2-6-20-11/h1-6,10,17-18H,7-9H2. The van der Waals surface area contributed by atoms with Crippen molar-refractivity contribution in [2.75, 3.05) is 18.5 Å². The molecular formula is C14H15BrFNO3. The molecule has 0 saturated carbocycles. The molecule has 1 aromatic heterocycles. The van der Waals surface area contributed by atoms with Crippen molar-refractivity contribution in [3.05, 3.63) is 52.6 Å². The van der Waals surface area contributed by atoms with E-state index in [1.807, 2.05) is 0 Å². The molecule has 0 amide bonds. The molecule has 0 aliphatic heterocycles. The van der Waals surface area contributed by atoms with Crippen molar-refractivity contribution in [2.24, 2.45) is 0 Å². The molecule has 4 nitrogen and oxygen atoms in total. The van der Waals surface area contributed by atoms with Crippen LogP contribution in [0.4, 0.5) is 10.1 Å². The van der Waals surface area contributed by atoms with Crippen molar-refractivity contribution >= 4 is 21.6 Å². The molecule has 0 aliphatic rings. The summed E-state index contributed by atoms with van der Waals surface area (Å²) in [6, 6.07) is 8.25. The van der Waals surface area contributed by atoms with E-state index >= 15 is 0 Å². The summed E-state index contributed by atoms with van der Waals surface area (Å²) in [5, 5.41) is 12.6. The quantitative estimate of drug-likeness (QED) is 0.810. The van der Waals surface area contributed by atoms with Gasteiger partial charge in [0.1, 0.15) is 18.2 Å². The first-order valence-electron chi connectivity index (χ1n) is 6.13. The number of anilines is 1. The largest absolute Gasteiger partial charge is 0.467 e. The van der Waals surface area contributed by atoms with Crippen LogP contribution in [0.25, 0.3) is 0 Å². The third-order valence-corrected chi connectivity index (χ3v) is 3.27. The fourth-order valence-corrected chi connectivity index (χ4v) is 2.12. The highest BCUT2D eigenvalue weighted by Crippen LogP contribution is 2.24. The Bertz CT molecular complexity index is 513. The number of nitrogens with one attached hydrogen (secondary N) is 1. The number of para-hydroxylation sites is 1. The number of aliphatic hydroxyl groups excluding tert-OH is 1. The topological polar surface area (TPSA) is 54.6 Å². The first kappa shape index (κ1) is 15.0. The zero-order valence-corrected chi connectivity index (χ0v) is 12.3. The van der Waals surface area contributed by atoms with Gasteiger partial charge in [-0.3, -0.25) is 0 Å². The van der Waals surface area contributed by atoms with Gasteiger partial charge in [-0.15, -0.1) is 0 Å². The number of hydrogen-bond donors (Lipinski definition) is 2. The monoisotopic (exact) mass is 343 g/mol. The molecule has 6 heteroatoms. The third kappa shape index (κ3) is 4.33. The van der Waals surface area contributed by atoms with Gasteiger partial charge < -0.3 is 19.6 Å². The van der Waals surface area contributed by atoms with Crippen molar-refractivity contribution in [3.63, 3.8) is 0 Å². The van der Waals surface area contributed by atoms with Gasteiger partial charge in [0.05, 0.1) is 24.7 Å². The molecule has 2 N–H and O–H groups in total. The van der Waals surface area contributed by atoms with E-state index < -0.39 is 6.10 Å². The van der Waals surface area contributed by atoms with Gasteiger partial charge >= 0.3 is 0 Å². The SMILES string of the molecule is OC(CNc1c(F)cccc1Br)COCc1ccco1. The molecule has 1 unspecified atom stereocenters. The van der Waals surface area contributed by atoms with Crippen LogP contribution in [0, 0.1) is 5.82 Å². The first-order valence-corrected chi connectivity index (χ1v) is 6.92. The molecule has 1 atom stereocenters. The maximum absolute atomic E-state index is 13.5. The van der Waals surface area contributed by atoms with E-state index in [-0.39, 0.29) is 19.0 Å². The molecule has 0 saturated heterocycles. The number of aliphatic hydroxyl groups is 1. The molecule has 0 radical (unpaired) electrons. The second kappa shape index (κ2) is 7.42. The Labute approximate surface area is 124 Å². The number of furan rings is 1. The van der Waals surface area contributed by atoms with E-state index in [2.05, 4.69) is 21.2 Å². The van der Waals surface area contributed by atoms with Crippen LogP contribution in [0.3, 0.4) is 0 Å². The summed E-state index contributed by atoms with van der Waals surface area (Å²) in [6.45, 7) is 0.630. The van der Waals surface area contributed by atoms with Gasteiger partial charge in [0.15, 0.2) is 0 Å². The van der Waals surface area contributed by atoms with Crippen molar-refractivity contribution in [1.82, 2.24) is 0 Å². The predicted molar refractivity (Wildman–Crippen MR) is 77.0 cm³/mol. The van der Waals surface area contributed by atoms with Crippen LogP contribution in [0.5, 0.6) is 0 Å².